The lowest BCUT2D eigenvalue weighted by Gasteiger charge is -2.26. The van der Waals surface area contributed by atoms with Gasteiger partial charge in [0.1, 0.15) is 0 Å². The number of hydrogen-bond donors (Lipinski definition) is 2. The molecule has 24 heavy (non-hydrogen) atoms. The summed E-state index contributed by atoms with van der Waals surface area (Å²) in [5.41, 5.74) is 4.54. The van der Waals surface area contributed by atoms with E-state index >= 15 is 0 Å². The van der Waals surface area contributed by atoms with E-state index in [1.54, 1.807) is 0 Å². The Morgan fingerprint density at radius 2 is 1.25 bits per heavy atom. The standard InChI is InChI=1S/C20H42N4/c1-3-5-7-9-11-13-15-17-20-19-22-23(24(20)21)18-16-14-12-10-8-6-4-2/h19,22H,3-18,21H2,1-2H3. The zero-order valence-electron chi connectivity index (χ0n) is 16.4. The monoisotopic (exact) mass is 338 g/mol. The minimum absolute atomic E-state index is 1.00. The summed E-state index contributed by atoms with van der Waals surface area (Å²) in [7, 11) is 0. The van der Waals surface area contributed by atoms with Crippen LogP contribution in [0.1, 0.15) is 110 Å². The van der Waals surface area contributed by atoms with E-state index < -0.39 is 0 Å². The Morgan fingerprint density at radius 1 is 0.750 bits per heavy atom. The van der Waals surface area contributed by atoms with Crippen LogP contribution in [0.4, 0.5) is 0 Å². The SMILES string of the molecule is CCCCCCCCCC1=CNN(CCCCCCCCC)N1N. The second-order valence-corrected chi connectivity index (χ2v) is 7.23. The number of nitrogens with two attached hydrogens (primary N) is 1. The largest absolute Gasteiger partial charge is 0.306 e. The van der Waals surface area contributed by atoms with Crippen LogP contribution < -0.4 is 11.3 Å². The molecular formula is C20H42N4. The quantitative estimate of drug-likeness (QED) is 0.283. The third-order valence-electron chi connectivity index (χ3n) is 4.94. The van der Waals surface area contributed by atoms with Crippen LogP contribution in [-0.4, -0.2) is 16.8 Å². The Bertz CT molecular complexity index is 317. The summed E-state index contributed by atoms with van der Waals surface area (Å²) in [6, 6.07) is 0. The summed E-state index contributed by atoms with van der Waals surface area (Å²) in [6.07, 6.45) is 22.0. The fourth-order valence-electron chi connectivity index (χ4n) is 3.27. The number of rotatable bonds is 16. The number of unbranched alkanes of at least 4 members (excludes halogenated alkanes) is 12. The van der Waals surface area contributed by atoms with Crippen LogP contribution in [0, 0.1) is 0 Å². The fourth-order valence-corrected chi connectivity index (χ4v) is 3.27. The van der Waals surface area contributed by atoms with Crippen LogP contribution in [-0.2, 0) is 0 Å². The van der Waals surface area contributed by atoms with Gasteiger partial charge in [-0.05, 0) is 19.3 Å². The molecule has 0 aliphatic carbocycles. The third-order valence-corrected chi connectivity index (χ3v) is 4.94. The highest BCUT2D eigenvalue weighted by Crippen LogP contribution is 2.18. The Hall–Kier alpha value is -0.740. The van der Waals surface area contributed by atoms with Crippen molar-refractivity contribution in [2.24, 2.45) is 5.84 Å². The Morgan fingerprint density at radius 3 is 1.83 bits per heavy atom. The first-order valence-corrected chi connectivity index (χ1v) is 10.6. The predicted molar refractivity (Wildman–Crippen MR) is 105 cm³/mol. The molecule has 1 rings (SSSR count). The van der Waals surface area contributed by atoms with Gasteiger partial charge < -0.3 is 5.43 Å². The highest BCUT2D eigenvalue weighted by Gasteiger charge is 2.19. The molecule has 1 heterocycles. The van der Waals surface area contributed by atoms with Gasteiger partial charge in [-0.15, -0.1) is 5.12 Å². The topological polar surface area (TPSA) is 44.5 Å². The molecule has 0 fully saturated rings. The van der Waals surface area contributed by atoms with E-state index in [4.69, 9.17) is 5.84 Å². The number of nitrogens with one attached hydrogen (secondary N) is 1. The van der Waals surface area contributed by atoms with Gasteiger partial charge in [-0.3, -0.25) is 0 Å². The van der Waals surface area contributed by atoms with E-state index in [1.165, 1.54) is 95.6 Å². The maximum atomic E-state index is 6.21. The normalized spacial score (nSPS) is 15.0. The van der Waals surface area contributed by atoms with Crippen molar-refractivity contribution < 1.29 is 0 Å². The number of allylic oxidation sites excluding steroid dienone is 1. The molecule has 0 atom stereocenters. The molecule has 0 radical (unpaired) electrons. The number of hydrogen-bond acceptors (Lipinski definition) is 4. The summed E-state index contributed by atoms with van der Waals surface area (Å²) in [5.74, 6) is 6.21. The third kappa shape index (κ3) is 9.53. The van der Waals surface area contributed by atoms with Crippen LogP contribution in [0.3, 0.4) is 0 Å². The minimum atomic E-state index is 1.00. The lowest BCUT2D eigenvalue weighted by Crippen LogP contribution is -2.47. The molecule has 142 valence electrons. The van der Waals surface area contributed by atoms with Gasteiger partial charge in [-0.2, -0.15) is 0 Å². The summed E-state index contributed by atoms with van der Waals surface area (Å²) >= 11 is 0. The maximum absolute atomic E-state index is 6.21. The molecule has 0 saturated carbocycles. The van der Waals surface area contributed by atoms with Crippen molar-refractivity contribution in [3.8, 4) is 0 Å². The van der Waals surface area contributed by atoms with Crippen molar-refractivity contribution >= 4 is 0 Å². The first-order chi connectivity index (χ1) is 11.8. The number of hydrazine groups is 3. The molecule has 0 aromatic rings. The molecule has 0 saturated heterocycles. The van der Waals surface area contributed by atoms with Gasteiger partial charge in [0.25, 0.3) is 0 Å². The Labute approximate surface area is 150 Å². The van der Waals surface area contributed by atoms with E-state index in [9.17, 15) is 0 Å². The summed E-state index contributed by atoms with van der Waals surface area (Å²) in [5, 5.41) is 3.89. The molecule has 0 aromatic heterocycles. The molecule has 0 aromatic carbocycles. The van der Waals surface area contributed by atoms with Crippen molar-refractivity contribution in [3.63, 3.8) is 0 Å². The molecule has 1 aliphatic rings. The van der Waals surface area contributed by atoms with Gasteiger partial charge in [-0.25, -0.2) is 11.0 Å². The van der Waals surface area contributed by atoms with Gasteiger partial charge in [0.2, 0.25) is 0 Å². The van der Waals surface area contributed by atoms with Gasteiger partial charge >= 0.3 is 0 Å². The average molecular weight is 339 g/mol. The molecule has 1 aliphatic heterocycles. The molecule has 0 spiro atoms. The Kier molecular flexibility index (Phi) is 13.0. The van der Waals surface area contributed by atoms with E-state index in [0.717, 1.165) is 13.0 Å². The summed E-state index contributed by atoms with van der Waals surface area (Å²) in [6.45, 7) is 5.54. The number of nitrogens with zero attached hydrogens (tertiary/aromatic N) is 2. The van der Waals surface area contributed by atoms with Crippen LogP contribution in [0.25, 0.3) is 0 Å². The first kappa shape index (κ1) is 21.3. The van der Waals surface area contributed by atoms with Crippen molar-refractivity contribution in [1.82, 2.24) is 15.7 Å². The molecule has 3 N–H and O–H groups in total. The van der Waals surface area contributed by atoms with Crippen molar-refractivity contribution in [1.29, 1.82) is 0 Å². The summed E-state index contributed by atoms with van der Waals surface area (Å²) < 4.78 is 0. The fraction of sp³-hybridized carbons (Fsp3) is 0.900. The smallest absolute Gasteiger partial charge is 0.0666 e. The van der Waals surface area contributed by atoms with Gasteiger partial charge in [-0.1, -0.05) is 90.9 Å². The molecule has 4 nitrogen and oxygen atoms in total. The van der Waals surface area contributed by atoms with E-state index in [1.807, 2.05) is 5.12 Å². The molecular weight excluding hydrogens is 296 g/mol. The second-order valence-electron chi connectivity index (χ2n) is 7.23. The van der Waals surface area contributed by atoms with E-state index in [2.05, 4.69) is 30.6 Å². The maximum Gasteiger partial charge on any atom is 0.0666 e. The summed E-state index contributed by atoms with van der Waals surface area (Å²) in [4.78, 5) is 0. The predicted octanol–water partition coefficient (Wildman–Crippen LogP) is 5.63. The van der Waals surface area contributed by atoms with E-state index in [-0.39, 0.29) is 0 Å². The molecule has 0 bridgehead atoms. The van der Waals surface area contributed by atoms with Crippen LogP contribution >= 0.6 is 0 Å². The van der Waals surface area contributed by atoms with Gasteiger partial charge in [0.15, 0.2) is 0 Å². The van der Waals surface area contributed by atoms with Crippen LogP contribution in [0.2, 0.25) is 0 Å². The zero-order chi connectivity index (χ0) is 17.5. The molecule has 4 heteroatoms. The lowest BCUT2D eigenvalue weighted by molar-refractivity contribution is -0.00811. The lowest BCUT2D eigenvalue weighted by atomic mass is 10.1. The second kappa shape index (κ2) is 14.6. The zero-order valence-corrected chi connectivity index (χ0v) is 16.4. The van der Waals surface area contributed by atoms with Crippen molar-refractivity contribution in [3.05, 3.63) is 11.9 Å². The van der Waals surface area contributed by atoms with Crippen LogP contribution in [0.15, 0.2) is 11.9 Å². The van der Waals surface area contributed by atoms with Gasteiger partial charge in [0.05, 0.1) is 5.70 Å². The molecule has 0 amide bonds. The minimum Gasteiger partial charge on any atom is -0.306 e. The first-order valence-electron chi connectivity index (χ1n) is 10.6. The van der Waals surface area contributed by atoms with Crippen LogP contribution in [0.5, 0.6) is 0 Å². The van der Waals surface area contributed by atoms with Gasteiger partial charge in [0, 0.05) is 12.7 Å². The Balaban J connectivity index is 1.98. The molecule has 0 unspecified atom stereocenters. The van der Waals surface area contributed by atoms with E-state index in [0.29, 0.717) is 0 Å². The van der Waals surface area contributed by atoms with Crippen molar-refractivity contribution in [2.75, 3.05) is 6.54 Å². The highest BCUT2D eigenvalue weighted by atomic mass is 15.9. The average Bonchev–Trinajstić information content (AvgIpc) is 2.93. The van der Waals surface area contributed by atoms with Crippen molar-refractivity contribution in [2.45, 2.75) is 110 Å². The highest BCUT2D eigenvalue weighted by molar-refractivity contribution is 5.01.